The van der Waals surface area contributed by atoms with Crippen molar-refractivity contribution in [1.29, 1.82) is 0 Å². The van der Waals surface area contributed by atoms with E-state index in [4.69, 9.17) is 4.74 Å². The Bertz CT molecular complexity index is 258. The molecule has 0 aromatic carbocycles. The SMILES string of the molecule is CC(C)OCC(O)c1cnn(C)c1. The van der Waals surface area contributed by atoms with Crippen molar-refractivity contribution in [3.63, 3.8) is 0 Å². The Labute approximate surface area is 78.1 Å². The molecule has 4 heteroatoms. The summed E-state index contributed by atoms with van der Waals surface area (Å²) in [5.41, 5.74) is 0.795. The molecule has 1 heterocycles. The zero-order valence-corrected chi connectivity index (χ0v) is 8.27. The molecule has 0 spiro atoms. The average Bonchev–Trinajstić information content (AvgIpc) is 2.47. The van der Waals surface area contributed by atoms with Gasteiger partial charge in [0.1, 0.15) is 6.10 Å². The maximum Gasteiger partial charge on any atom is 0.105 e. The van der Waals surface area contributed by atoms with Gasteiger partial charge in [-0.3, -0.25) is 4.68 Å². The molecule has 1 atom stereocenters. The van der Waals surface area contributed by atoms with Crippen molar-refractivity contribution in [2.24, 2.45) is 7.05 Å². The molecule has 0 radical (unpaired) electrons. The van der Waals surface area contributed by atoms with E-state index in [0.29, 0.717) is 6.61 Å². The fourth-order valence-electron chi connectivity index (χ4n) is 0.992. The Balaban J connectivity index is 2.44. The Morgan fingerprint density at radius 3 is 2.77 bits per heavy atom. The summed E-state index contributed by atoms with van der Waals surface area (Å²) in [6.07, 6.45) is 3.00. The molecule has 1 N–H and O–H groups in total. The van der Waals surface area contributed by atoms with Gasteiger partial charge in [-0.05, 0) is 13.8 Å². The van der Waals surface area contributed by atoms with Crippen molar-refractivity contribution in [3.8, 4) is 0 Å². The van der Waals surface area contributed by atoms with Crippen LogP contribution in [0.5, 0.6) is 0 Å². The largest absolute Gasteiger partial charge is 0.386 e. The zero-order chi connectivity index (χ0) is 9.84. The quantitative estimate of drug-likeness (QED) is 0.755. The maximum atomic E-state index is 9.60. The van der Waals surface area contributed by atoms with E-state index < -0.39 is 6.10 Å². The molecule has 0 aliphatic rings. The maximum absolute atomic E-state index is 9.60. The third-order valence-corrected chi connectivity index (χ3v) is 1.70. The predicted octanol–water partition coefficient (Wildman–Crippen LogP) is 0.879. The van der Waals surface area contributed by atoms with Crippen LogP contribution in [0.1, 0.15) is 25.5 Å². The second-order valence-electron chi connectivity index (χ2n) is 3.35. The van der Waals surface area contributed by atoms with Crippen molar-refractivity contribution in [3.05, 3.63) is 18.0 Å². The van der Waals surface area contributed by atoms with Crippen LogP contribution in [0.2, 0.25) is 0 Å². The van der Waals surface area contributed by atoms with E-state index in [9.17, 15) is 5.11 Å². The molecule has 0 fully saturated rings. The van der Waals surface area contributed by atoms with Crippen molar-refractivity contribution in [2.75, 3.05) is 6.61 Å². The van der Waals surface area contributed by atoms with Crippen LogP contribution in [-0.2, 0) is 11.8 Å². The molecule has 0 saturated carbocycles. The predicted molar refractivity (Wildman–Crippen MR) is 49.3 cm³/mol. The van der Waals surface area contributed by atoms with E-state index in [2.05, 4.69) is 5.10 Å². The highest BCUT2D eigenvalue weighted by Gasteiger charge is 2.09. The van der Waals surface area contributed by atoms with Crippen molar-refractivity contribution >= 4 is 0 Å². The molecule has 1 aromatic rings. The van der Waals surface area contributed by atoms with Gasteiger partial charge >= 0.3 is 0 Å². The summed E-state index contributed by atoms with van der Waals surface area (Å²) in [6, 6.07) is 0. The summed E-state index contributed by atoms with van der Waals surface area (Å²) >= 11 is 0. The minimum atomic E-state index is -0.573. The number of hydrogen-bond donors (Lipinski definition) is 1. The summed E-state index contributed by atoms with van der Waals surface area (Å²) in [7, 11) is 1.82. The first-order valence-electron chi connectivity index (χ1n) is 4.38. The summed E-state index contributed by atoms with van der Waals surface area (Å²) < 4.78 is 6.94. The highest BCUT2D eigenvalue weighted by atomic mass is 16.5. The molecule has 0 amide bonds. The molecule has 4 nitrogen and oxygen atoms in total. The molecule has 0 aliphatic carbocycles. The van der Waals surface area contributed by atoms with Crippen LogP contribution in [0.3, 0.4) is 0 Å². The zero-order valence-electron chi connectivity index (χ0n) is 8.27. The van der Waals surface area contributed by atoms with E-state index in [0.717, 1.165) is 5.56 Å². The normalized spacial score (nSPS) is 13.6. The van der Waals surface area contributed by atoms with E-state index in [1.165, 1.54) is 0 Å². The van der Waals surface area contributed by atoms with Gasteiger partial charge in [0.25, 0.3) is 0 Å². The van der Waals surface area contributed by atoms with Crippen LogP contribution in [0, 0.1) is 0 Å². The topological polar surface area (TPSA) is 47.3 Å². The van der Waals surface area contributed by atoms with E-state index in [1.807, 2.05) is 20.9 Å². The molecule has 74 valence electrons. The van der Waals surface area contributed by atoms with Crippen LogP contribution < -0.4 is 0 Å². The van der Waals surface area contributed by atoms with Gasteiger partial charge in [0, 0.05) is 18.8 Å². The van der Waals surface area contributed by atoms with Crippen molar-refractivity contribution < 1.29 is 9.84 Å². The van der Waals surface area contributed by atoms with Crippen molar-refractivity contribution in [1.82, 2.24) is 9.78 Å². The third-order valence-electron chi connectivity index (χ3n) is 1.70. The van der Waals surface area contributed by atoms with Crippen LogP contribution in [0.15, 0.2) is 12.4 Å². The van der Waals surface area contributed by atoms with Gasteiger partial charge in [-0.15, -0.1) is 0 Å². The second kappa shape index (κ2) is 4.39. The lowest BCUT2D eigenvalue weighted by Gasteiger charge is -2.11. The average molecular weight is 184 g/mol. The fraction of sp³-hybridized carbons (Fsp3) is 0.667. The Morgan fingerprint density at radius 2 is 2.31 bits per heavy atom. The molecule has 1 rings (SSSR count). The van der Waals surface area contributed by atoms with E-state index in [1.54, 1.807) is 17.1 Å². The van der Waals surface area contributed by atoms with Crippen LogP contribution in [0.4, 0.5) is 0 Å². The Morgan fingerprint density at radius 1 is 1.62 bits per heavy atom. The Hall–Kier alpha value is -0.870. The standard InChI is InChI=1S/C9H16N2O2/c1-7(2)13-6-9(12)8-4-10-11(3)5-8/h4-5,7,9,12H,6H2,1-3H3. The number of aliphatic hydroxyl groups is 1. The minimum absolute atomic E-state index is 0.145. The summed E-state index contributed by atoms with van der Waals surface area (Å²) in [5.74, 6) is 0. The first-order chi connectivity index (χ1) is 6.09. The van der Waals surface area contributed by atoms with Crippen LogP contribution >= 0.6 is 0 Å². The molecular formula is C9H16N2O2. The highest BCUT2D eigenvalue weighted by Crippen LogP contribution is 2.11. The van der Waals surface area contributed by atoms with Gasteiger partial charge < -0.3 is 9.84 Å². The van der Waals surface area contributed by atoms with Gasteiger partial charge in [-0.25, -0.2) is 0 Å². The second-order valence-corrected chi connectivity index (χ2v) is 3.35. The number of aromatic nitrogens is 2. The molecule has 0 bridgehead atoms. The summed E-state index contributed by atoms with van der Waals surface area (Å²) in [6.45, 7) is 4.20. The minimum Gasteiger partial charge on any atom is -0.386 e. The summed E-state index contributed by atoms with van der Waals surface area (Å²) in [5, 5.41) is 13.6. The van der Waals surface area contributed by atoms with Crippen LogP contribution in [0.25, 0.3) is 0 Å². The van der Waals surface area contributed by atoms with Gasteiger partial charge in [0.15, 0.2) is 0 Å². The Kier molecular flexibility index (Phi) is 3.45. The van der Waals surface area contributed by atoms with Gasteiger partial charge in [0.2, 0.25) is 0 Å². The first kappa shape index (κ1) is 10.2. The number of hydrogen-bond acceptors (Lipinski definition) is 3. The number of rotatable bonds is 4. The number of aryl methyl sites for hydroxylation is 1. The molecule has 0 aliphatic heterocycles. The fourth-order valence-corrected chi connectivity index (χ4v) is 0.992. The molecule has 0 saturated heterocycles. The van der Waals surface area contributed by atoms with E-state index in [-0.39, 0.29) is 6.10 Å². The number of nitrogens with zero attached hydrogens (tertiary/aromatic N) is 2. The molecular weight excluding hydrogens is 168 g/mol. The molecule has 1 aromatic heterocycles. The monoisotopic (exact) mass is 184 g/mol. The molecule has 13 heavy (non-hydrogen) atoms. The third kappa shape index (κ3) is 3.16. The van der Waals surface area contributed by atoms with E-state index >= 15 is 0 Å². The number of ether oxygens (including phenoxy) is 1. The number of aliphatic hydroxyl groups excluding tert-OH is 1. The lowest BCUT2D eigenvalue weighted by atomic mass is 10.2. The van der Waals surface area contributed by atoms with Crippen LogP contribution in [-0.4, -0.2) is 27.6 Å². The molecule has 1 unspecified atom stereocenters. The van der Waals surface area contributed by atoms with Gasteiger partial charge in [0.05, 0.1) is 18.9 Å². The van der Waals surface area contributed by atoms with Crippen molar-refractivity contribution in [2.45, 2.75) is 26.1 Å². The smallest absolute Gasteiger partial charge is 0.105 e. The van der Waals surface area contributed by atoms with Gasteiger partial charge in [-0.2, -0.15) is 5.10 Å². The first-order valence-corrected chi connectivity index (χ1v) is 4.38. The lowest BCUT2D eigenvalue weighted by Crippen LogP contribution is -2.11. The van der Waals surface area contributed by atoms with Gasteiger partial charge in [-0.1, -0.05) is 0 Å². The highest BCUT2D eigenvalue weighted by molar-refractivity contribution is 5.07. The summed E-state index contributed by atoms with van der Waals surface area (Å²) in [4.78, 5) is 0. The lowest BCUT2D eigenvalue weighted by molar-refractivity contribution is 0.00490.